The van der Waals surface area contributed by atoms with Crippen LogP contribution in [-0.4, -0.2) is 22.7 Å². The van der Waals surface area contributed by atoms with Crippen molar-refractivity contribution in [2.75, 3.05) is 6.61 Å². The summed E-state index contributed by atoms with van der Waals surface area (Å²) in [6.07, 6.45) is 21.9. The highest BCUT2D eigenvalue weighted by Gasteiger charge is 2.14. The number of oxazole rings is 1. The number of aliphatic carboxylic acids is 1. The number of carboxylic acids is 1. The van der Waals surface area contributed by atoms with Crippen molar-refractivity contribution in [1.82, 2.24) is 4.98 Å². The fourth-order valence-corrected chi connectivity index (χ4v) is 3.11. The second kappa shape index (κ2) is 16.5. The highest BCUT2D eigenvalue weighted by molar-refractivity contribution is 5.69. The lowest BCUT2D eigenvalue weighted by Gasteiger charge is -2.06. The van der Waals surface area contributed by atoms with Crippen LogP contribution in [0.1, 0.15) is 77.6 Å². The third-order valence-electron chi connectivity index (χ3n) is 5.08. The normalized spacial score (nSPS) is 19.3. The number of carboxylic acid groups (broad SMARTS) is 1. The Morgan fingerprint density at radius 3 is 2.76 bits per heavy atom. The number of carbonyl (C=O) groups is 1. The molecule has 1 aromatic rings. The molecule has 0 saturated carbocycles. The van der Waals surface area contributed by atoms with Gasteiger partial charge in [0.15, 0.2) is 0 Å². The Morgan fingerprint density at radius 2 is 2.06 bits per heavy atom. The maximum atomic E-state index is 10.9. The van der Waals surface area contributed by atoms with Crippen LogP contribution in [0.15, 0.2) is 70.4 Å². The molecule has 1 atom stereocenters. The molecule has 0 spiro atoms. The van der Waals surface area contributed by atoms with Crippen LogP contribution in [0.5, 0.6) is 0 Å². The van der Waals surface area contributed by atoms with Gasteiger partial charge < -0.3 is 14.3 Å². The highest BCUT2D eigenvalue weighted by atomic mass is 16.5. The van der Waals surface area contributed by atoms with Gasteiger partial charge in [0.2, 0.25) is 5.89 Å². The van der Waals surface area contributed by atoms with Gasteiger partial charge in [-0.3, -0.25) is 4.79 Å². The van der Waals surface area contributed by atoms with Crippen molar-refractivity contribution in [3.63, 3.8) is 0 Å². The molecule has 0 unspecified atom stereocenters. The Kier molecular flexibility index (Phi) is 14.1. The standard InChI is InChI=1S/C27H35NO4.C2H6/c1-5-6-15-24(16-11-10-13-21(3)27(29)30)31-18-17-25-22(4)32-26(28-25)23-14-9-7-8-12-20(2)19-23;1-2/h6-8,10-12,15-16,19,21H,5,9,13-14,17-18H2,1-4H3,(H,29,30);1-2H3/b8-7-,11-10+,15-6+,20-12-,23-19+,24-16+;/t21-;/m0./s1. The van der Waals surface area contributed by atoms with Gasteiger partial charge in [-0.05, 0) is 51.7 Å². The minimum atomic E-state index is -0.791. The minimum Gasteiger partial charge on any atom is -0.493 e. The van der Waals surface area contributed by atoms with Gasteiger partial charge in [0.25, 0.3) is 0 Å². The topological polar surface area (TPSA) is 72.6 Å². The number of allylic oxidation sites excluding steroid dienone is 11. The zero-order valence-corrected chi connectivity index (χ0v) is 21.6. The summed E-state index contributed by atoms with van der Waals surface area (Å²) in [6, 6.07) is 0. The van der Waals surface area contributed by atoms with Crippen LogP contribution in [0.25, 0.3) is 5.57 Å². The second-order valence-electron chi connectivity index (χ2n) is 7.95. The average Bonchev–Trinajstić information content (AvgIpc) is 3.18. The van der Waals surface area contributed by atoms with Crippen LogP contribution in [0, 0.1) is 12.8 Å². The van der Waals surface area contributed by atoms with Gasteiger partial charge in [0.05, 0.1) is 18.2 Å². The summed E-state index contributed by atoms with van der Waals surface area (Å²) < 4.78 is 11.9. The van der Waals surface area contributed by atoms with Crippen LogP contribution in [0.4, 0.5) is 0 Å². The summed E-state index contributed by atoms with van der Waals surface area (Å²) in [7, 11) is 0. The lowest BCUT2D eigenvalue weighted by atomic mass is 10.0. The summed E-state index contributed by atoms with van der Waals surface area (Å²) >= 11 is 0. The first-order chi connectivity index (χ1) is 16.4. The third-order valence-corrected chi connectivity index (χ3v) is 5.08. The van der Waals surface area contributed by atoms with E-state index in [1.165, 1.54) is 5.57 Å². The molecule has 5 nitrogen and oxygen atoms in total. The zero-order chi connectivity index (χ0) is 25.3. The van der Waals surface area contributed by atoms with E-state index in [-0.39, 0.29) is 0 Å². The second-order valence-corrected chi connectivity index (χ2v) is 7.95. The fourth-order valence-electron chi connectivity index (χ4n) is 3.11. The summed E-state index contributed by atoms with van der Waals surface area (Å²) in [5, 5.41) is 8.97. The molecule has 0 amide bonds. The van der Waals surface area contributed by atoms with Gasteiger partial charge in [0, 0.05) is 12.0 Å². The van der Waals surface area contributed by atoms with E-state index in [2.05, 4.69) is 38.2 Å². The fraction of sp³-hybridized carbons (Fsp3) is 0.448. The SMILES string of the molecule is CC.CC/C=C/C(=C\C=C\C[C@H](C)C(=O)O)OCCc1nc(/C2=C/C(C)=C\C=C/CC2)oc1C. The summed E-state index contributed by atoms with van der Waals surface area (Å²) in [6.45, 7) is 12.3. The molecule has 1 aromatic heterocycles. The first-order valence-corrected chi connectivity index (χ1v) is 12.3. The van der Waals surface area contributed by atoms with Crippen LogP contribution in [0.3, 0.4) is 0 Å². The molecule has 5 heteroatoms. The van der Waals surface area contributed by atoms with E-state index in [0.29, 0.717) is 25.3 Å². The molecular weight excluding hydrogens is 426 g/mol. The van der Waals surface area contributed by atoms with Crippen molar-refractivity contribution in [1.29, 1.82) is 0 Å². The van der Waals surface area contributed by atoms with Gasteiger partial charge in [-0.25, -0.2) is 4.98 Å². The summed E-state index contributed by atoms with van der Waals surface area (Å²) in [5.74, 6) is 1.06. The Bertz CT molecular complexity index is 941. The molecule has 0 aromatic carbocycles. The molecule has 1 aliphatic rings. The number of hydrogen-bond acceptors (Lipinski definition) is 4. The highest BCUT2D eigenvalue weighted by Crippen LogP contribution is 2.25. The number of nitrogens with zero attached hydrogens (tertiary/aromatic N) is 1. The molecule has 1 heterocycles. The lowest BCUT2D eigenvalue weighted by Crippen LogP contribution is -2.07. The van der Waals surface area contributed by atoms with E-state index in [4.69, 9.17) is 19.2 Å². The monoisotopic (exact) mass is 467 g/mol. The summed E-state index contributed by atoms with van der Waals surface area (Å²) in [4.78, 5) is 15.7. The number of hydrogen-bond donors (Lipinski definition) is 1. The van der Waals surface area contributed by atoms with Gasteiger partial charge in [-0.1, -0.05) is 75.8 Å². The quantitative estimate of drug-likeness (QED) is 0.266. The Labute approximate surface area is 205 Å². The maximum absolute atomic E-state index is 10.9. The Hall–Kier alpha value is -3.08. The van der Waals surface area contributed by atoms with Crippen LogP contribution in [0.2, 0.25) is 0 Å². The van der Waals surface area contributed by atoms with Crippen LogP contribution < -0.4 is 0 Å². The average molecular weight is 468 g/mol. The van der Waals surface area contributed by atoms with E-state index < -0.39 is 11.9 Å². The van der Waals surface area contributed by atoms with Crippen LogP contribution in [-0.2, 0) is 16.0 Å². The molecule has 186 valence electrons. The van der Waals surface area contributed by atoms with Crippen molar-refractivity contribution in [3.8, 4) is 0 Å². The van der Waals surface area contributed by atoms with Crippen molar-refractivity contribution in [3.05, 3.63) is 83.4 Å². The summed E-state index contributed by atoms with van der Waals surface area (Å²) in [5.41, 5.74) is 3.20. The molecule has 0 fully saturated rings. The predicted molar refractivity (Wildman–Crippen MR) is 140 cm³/mol. The molecule has 1 N–H and O–H groups in total. The first-order valence-electron chi connectivity index (χ1n) is 12.3. The molecule has 1 aliphatic carbocycles. The van der Waals surface area contributed by atoms with E-state index in [1.54, 1.807) is 6.92 Å². The Balaban J connectivity index is 0.00000281. The lowest BCUT2D eigenvalue weighted by molar-refractivity contribution is -0.140. The molecular formula is C29H41NO4. The Morgan fingerprint density at radius 1 is 1.29 bits per heavy atom. The smallest absolute Gasteiger partial charge is 0.306 e. The van der Waals surface area contributed by atoms with Crippen LogP contribution >= 0.6 is 0 Å². The predicted octanol–water partition coefficient (Wildman–Crippen LogP) is 7.77. The van der Waals surface area contributed by atoms with Gasteiger partial charge in [-0.15, -0.1) is 0 Å². The molecule has 0 radical (unpaired) electrons. The largest absolute Gasteiger partial charge is 0.493 e. The van der Waals surface area contributed by atoms with Gasteiger partial charge in [0.1, 0.15) is 11.5 Å². The molecule has 34 heavy (non-hydrogen) atoms. The molecule has 0 bridgehead atoms. The van der Waals surface area contributed by atoms with Gasteiger partial charge in [-0.2, -0.15) is 0 Å². The zero-order valence-electron chi connectivity index (χ0n) is 21.6. The molecule has 2 rings (SSSR count). The van der Waals surface area contributed by atoms with Crippen molar-refractivity contribution >= 4 is 11.5 Å². The van der Waals surface area contributed by atoms with E-state index >= 15 is 0 Å². The molecule has 0 saturated heterocycles. The number of ether oxygens (including phenoxy) is 1. The van der Waals surface area contributed by atoms with Crippen molar-refractivity contribution < 1.29 is 19.1 Å². The van der Waals surface area contributed by atoms with Gasteiger partial charge >= 0.3 is 5.97 Å². The molecule has 0 aliphatic heterocycles. The number of aromatic nitrogens is 1. The van der Waals surface area contributed by atoms with Crippen molar-refractivity contribution in [2.24, 2.45) is 5.92 Å². The van der Waals surface area contributed by atoms with Crippen molar-refractivity contribution in [2.45, 2.75) is 73.6 Å². The first kappa shape index (κ1) is 29.0. The van der Waals surface area contributed by atoms with E-state index in [1.807, 2.05) is 51.2 Å². The third kappa shape index (κ3) is 10.7. The maximum Gasteiger partial charge on any atom is 0.306 e. The van der Waals surface area contributed by atoms with E-state index in [9.17, 15) is 4.79 Å². The minimum absolute atomic E-state index is 0.400. The number of aryl methyl sites for hydroxylation is 1. The van der Waals surface area contributed by atoms with E-state index in [0.717, 1.165) is 42.0 Å². The number of rotatable bonds is 11.